The number of carboxylic acid groups (broad SMARTS) is 1. The Morgan fingerprint density at radius 2 is 1.88 bits per heavy atom. The number of carboxylic acids is 1. The van der Waals surface area contributed by atoms with Crippen LogP contribution in [0.15, 0.2) is 35.3 Å². The normalized spacial score (nSPS) is 11.3. The standard InChI is InChI=1S/C16H13ClF3NO5/c1-25-13-6-21(7-15(23)24)14(22)5-11(13)10-4-9(17)2-3-12(10)26-8-16(18,19)20/h2-6H,7-8H2,1H3,(H,23,24). The molecule has 0 saturated heterocycles. The van der Waals surface area contributed by atoms with E-state index in [1.807, 2.05) is 0 Å². The first-order valence-corrected chi connectivity index (χ1v) is 7.48. The smallest absolute Gasteiger partial charge is 0.422 e. The Morgan fingerprint density at radius 3 is 2.46 bits per heavy atom. The van der Waals surface area contributed by atoms with Crippen LogP contribution < -0.4 is 15.0 Å². The molecule has 1 heterocycles. The Morgan fingerprint density at radius 1 is 1.23 bits per heavy atom. The number of aliphatic carboxylic acids is 1. The molecule has 0 aliphatic rings. The lowest BCUT2D eigenvalue weighted by Crippen LogP contribution is -2.23. The van der Waals surface area contributed by atoms with Gasteiger partial charge >= 0.3 is 12.1 Å². The van der Waals surface area contributed by atoms with Crippen molar-refractivity contribution in [2.45, 2.75) is 12.7 Å². The molecule has 2 aromatic rings. The minimum absolute atomic E-state index is 0.0741. The summed E-state index contributed by atoms with van der Waals surface area (Å²) in [5, 5.41) is 9.03. The summed E-state index contributed by atoms with van der Waals surface area (Å²) in [5.74, 6) is -1.32. The fourth-order valence-corrected chi connectivity index (χ4v) is 2.36. The van der Waals surface area contributed by atoms with Crippen LogP contribution in [0.5, 0.6) is 11.5 Å². The second-order valence-corrected chi connectivity index (χ2v) is 5.60. The molecule has 0 spiro atoms. The molecule has 0 bridgehead atoms. The van der Waals surface area contributed by atoms with Crippen LogP contribution >= 0.6 is 11.6 Å². The molecular formula is C16H13ClF3NO5. The van der Waals surface area contributed by atoms with E-state index in [0.717, 1.165) is 16.8 Å². The van der Waals surface area contributed by atoms with Gasteiger partial charge in [0.25, 0.3) is 5.56 Å². The SMILES string of the molecule is COc1cn(CC(=O)O)c(=O)cc1-c1cc(Cl)ccc1OCC(F)(F)F. The van der Waals surface area contributed by atoms with Crippen LogP contribution in [-0.4, -0.2) is 35.5 Å². The Hall–Kier alpha value is -2.68. The van der Waals surface area contributed by atoms with Crippen molar-refractivity contribution < 1.29 is 32.5 Å². The largest absolute Gasteiger partial charge is 0.495 e. The van der Waals surface area contributed by atoms with Crippen molar-refractivity contribution in [3.05, 3.63) is 45.8 Å². The first kappa shape index (κ1) is 19.6. The van der Waals surface area contributed by atoms with Gasteiger partial charge < -0.3 is 19.1 Å². The highest BCUT2D eigenvalue weighted by atomic mass is 35.5. The molecule has 0 atom stereocenters. The topological polar surface area (TPSA) is 77.8 Å². The molecule has 140 valence electrons. The average molecular weight is 392 g/mol. The van der Waals surface area contributed by atoms with E-state index in [0.29, 0.717) is 0 Å². The Labute approximate surface area is 150 Å². The summed E-state index contributed by atoms with van der Waals surface area (Å²) in [4.78, 5) is 22.9. The second-order valence-electron chi connectivity index (χ2n) is 5.16. The summed E-state index contributed by atoms with van der Waals surface area (Å²) in [5.41, 5.74) is -0.443. The van der Waals surface area contributed by atoms with Crippen molar-refractivity contribution in [3.63, 3.8) is 0 Å². The summed E-state index contributed by atoms with van der Waals surface area (Å²) >= 11 is 5.91. The fourth-order valence-electron chi connectivity index (χ4n) is 2.19. The summed E-state index contributed by atoms with van der Waals surface area (Å²) in [6.45, 7) is -2.12. The molecule has 1 aromatic carbocycles. The van der Waals surface area contributed by atoms with Gasteiger partial charge in [-0.1, -0.05) is 11.6 Å². The van der Waals surface area contributed by atoms with E-state index in [2.05, 4.69) is 0 Å². The van der Waals surface area contributed by atoms with Crippen molar-refractivity contribution in [2.75, 3.05) is 13.7 Å². The molecule has 0 aliphatic heterocycles. The molecule has 2 rings (SSSR count). The van der Waals surface area contributed by atoms with Crippen LogP contribution in [0.1, 0.15) is 0 Å². The van der Waals surface area contributed by atoms with E-state index in [4.69, 9.17) is 26.2 Å². The lowest BCUT2D eigenvalue weighted by Gasteiger charge is -2.16. The fraction of sp³-hybridized carbons (Fsp3) is 0.250. The number of aromatic nitrogens is 1. The monoisotopic (exact) mass is 391 g/mol. The molecule has 10 heteroatoms. The van der Waals surface area contributed by atoms with Gasteiger partial charge in [-0.3, -0.25) is 9.59 Å². The van der Waals surface area contributed by atoms with E-state index >= 15 is 0 Å². The predicted octanol–water partition coefficient (Wildman–Crippen LogP) is 3.20. The predicted molar refractivity (Wildman–Crippen MR) is 86.9 cm³/mol. The van der Waals surface area contributed by atoms with Gasteiger partial charge in [-0.25, -0.2) is 0 Å². The van der Waals surface area contributed by atoms with Gasteiger partial charge in [0.2, 0.25) is 0 Å². The molecule has 0 saturated carbocycles. The number of nitrogens with zero attached hydrogens (tertiary/aromatic N) is 1. The van der Waals surface area contributed by atoms with Crippen molar-refractivity contribution in [3.8, 4) is 22.6 Å². The minimum Gasteiger partial charge on any atom is -0.495 e. The maximum absolute atomic E-state index is 12.5. The van der Waals surface area contributed by atoms with E-state index in [1.165, 1.54) is 25.3 Å². The van der Waals surface area contributed by atoms with E-state index in [-0.39, 0.29) is 27.6 Å². The summed E-state index contributed by atoms with van der Waals surface area (Å²) < 4.78 is 48.2. The van der Waals surface area contributed by atoms with Gasteiger partial charge in [0.1, 0.15) is 18.0 Å². The third-order valence-electron chi connectivity index (χ3n) is 3.24. The summed E-state index contributed by atoms with van der Waals surface area (Å²) in [6, 6.07) is 4.96. The zero-order valence-corrected chi connectivity index (χ0v) is 14.1. The van der Waals surface area contributed by atoms with Crippen molar-refractivity contribution >= 4 is 17.6 Å². The van der Waals surface area contributed by atoms with Crippen LogP contribution in [0, 0.1) is 0 Å². The molecular weight excluding hydrogens is 379 g/mol. The second kappa shape index (κ2) is 7.69. The molecule has 0 radical (unpaired) electrons. The van der Waals surface area contributed by atoms with Gasteiger partial charge in [0.15, 0.2) is 6.61 Å². The number of hydrogen-bond donors (Lipinski definition) is 1. The summed E-state index contributed by atoms with van der Waals surface area (Å²) in [7, 11) is 1.27. The van der Waals surface area contributed by atoms with Gasteiger partial charge in [-0.15, -0.1) is 0 Å². The number of pyridine rings is 1. The molecule has 1 aromatic heterocycles. The molecule has 6 nitrogen and oxygen atoms in total. The van der Waals surface area contributed by atoms with Crippen LogP contribution in [0.4, 0.5) is 13.2 Å². The minimum atomic E-state index is -4.55. The zero-order chi connectivity index (χ0) is 19.5. The Bertz CT molecular complexity index is 879. The number of rotatable bonds is 6. The highest BCUT2D eigenvalue weighted by molar-refractivity contribution is 6.31. The number of ether oxygens (including phenoxy) is 2. The van der Waals surface area contributed by atoms with Crippen molar-refractivity contribution in [1.82, 2.24) is 4.57 Å². The molecule has 26 heavy (non-hydrogen) atoms. The average Bonchev–Trinajstić information content (AvgIpc) is 2.54. The molecule has 1 N–H and O–H groups in total. The maximum Gasteiger partial charge on any atom is 0.422 e. The lowest BCUT2D eigenvalue weighted by atomic mass is 10.0. The quantitative estimate of drug-likeness (QED) is 0.818. The first-order chi connectivity index (χ1) is 12.1. The zero-order valence-electron chi connectivity index (χ0n) is 13.3. The highest BCUT2D eigenvalue weighted by Gasteiger charge is 2.29. The van der Waals surface area contributed by atoms with Gasteiger partial charge in [-0.05, 0) is 18.2 Å². The first-order valence-electron chi connectivity index (χ1n) is 7.10. The highest BCUT2D eigenvalue weighted by Crippen LogP contribution is 2.37. The van der Waals surface area contributed by atoms with Crippen LogP contribution in [0.3, 0.4) is 0 Å². The van der Waals surface area contributed by atoms with Crippen LogP contribution in [0.25, 0.3) is 11.1 Å². The third-order valence-corrected chi connectivity index (χ3v) is 3.47. The van der Waals surface area contributed by atoms with E-state index < -0.39 is 30.9 Å². The summed E-state index contributed by atoms with van der Waals surface area (Å²) in [6.07, 6.45) is -3.40. The lowest BCUT2D eigenvalue weighted by molar-refractivity contribution is -0.153. The Kier molecular flexibility index (Phi) is 5.81. The van der Waals surface area contributed by atoms with Crippen molar-refractivity contribution in [2.24, 2.45) is 0 Å². The number of carbonyl (C=O) groups is 1. The van der Waals surface area contributed by atoms with Crippen LogP contribution in [0.2, 0.25) is 5.02 Å². The molecule has 0 unspecified atom stereocenters. The van der Waals surface area contributed by atoms with Gasteiger partial charge in [-0.2, -0.15) is 13.2 Å². The van der Waals surface area contributed by atoms with E-state index in [1.54, 1.807) is 0 Å². The number of alkyl halides is 3. The number of benzene rings is 1. The Balaban J connectivity index is 2.56. The van der Waals surface area contributed by atoms with Gasteiger partial charge in [0.05, 0.1) is 13.3 Å². The molecule has 0 fully saturated rings. The van der Waals surface area contributed by atoms with E-state index in [9.17, 15) is 22.8 Å². The third kappa shape index (κ3) is 4.92. The maximum atomic E-state index is 12.5. The number of methoxy groups -OCH3 is 1. The van der Waals surface area contributed by atoms with Crippen molar-refractivity contribution in [1.29, 1.82) is 0 Å². The molecule has 0 aliphatic carbocycles. The molecule has 0 amide bonds. The van der Waals surface area contributed by atoms with Gasteiger partial charge in [0, 0.05) is 22.2 Å². The number of hydrogen-bond acceptors (Lipinski definition) is 4. The van der Waals surface area contributed by atoms with Crippen LogP contribution in [-0.2, 0) is 11.3 Å². The number of halogens is 4.